The molecule has 0 amide bonds. The number of aromatic nitrogens is 3. The van der Waals surface area contributed by atoms with Crippen LogP contribution < -0.4 is 4.68 Å². The van der Waals surface area contributed by atoms with Gasteiger partial charge in [0.1, 0.15) is 7.05 Å². The fourth-order valence-corrected chi connectivity index (χ4v) is 1.20. The van der Waals surface area contributed by atoms with Gasteiger partial charge >= 0.3 is 5.51 Å². The van der Waals surface area contributed by atoms with Gasteiger partial charge in [-0.2, -0.15) is 17.9 Å². The normalized spacial score (nSPS) is 11.5. The van der Waals surface area contributed by atoms with Crippen LogP contribution in [0.2, 0.25) is 0 Å². The van der Waals surface area contributed by atoms with Crippen LogP contribution in [-0.2, 0) is 24.2 Å². The molecule has 0 aliphatic carbocycles. The Kier molecular flexibility index (Phi) is 5.66. The first-order valence-corrected chi connectivity index (χ1v) is 6.25. The lowest BCUT2D eigenvalue weighted by Crippen LogP contribution is -2.37. The molecule has 114 valence electrons. The summed E-state index contributed by atoms with van der Waals surface area (Å²) in [6.07, 6.45) is 0. The first kappa shape index (κ1) is 18.3. The van der Waals surface area contributed by atoms with E-state index in [4.69, 9.17) is 13.0 Å². The summed E-state index contributed by atoms with van der Waals surface area (Å²) in [7, 11) is -2.16. The van der Waals surface area contributed by atoms with E-state index in [0.717, 1.165) is 11.0 Å². The van der Waals surface area contributed by atoms with Gasteiger partial charge in [0.05, 0.1) is 7.05 Å². The largest absolute Gasteiger partial charge is 0.741 e. The molecule has 0 spiro atoms. The van der Waals surface area contributed by atoms with Crippen LogP contribution in [0.25, 0.3) is 11.0 Å². The van der Waals surface area contributed by atoms with Crippen molar-refractivity contribution in [3.05, 3.63) is 24.3 Å². The highest BCUT2D eigenvalue weighted by atomic mass is 32.2. The summed E-state index contributed by atoms with van der Waals surface area (Å²) in [4.78, 5) is 1.82. The number of hydrogen-bond acceptors (Lipinski definition) is 4. The second-order valence-electron chi connectivity index (χ2n) is 3.50. The Morgan fingerprint density at radius 3 is 2.15 bits per heavy atom. The number of fused-ring (bicyclic) bond motifs is 1. The zero-order valence-corrected chi connectivity index (χ0v) is 10.7. The van der Waals surface area contributed by atoms with Gasteiger partial charge in [0.15, 0.2) is 10.1 Å². The number of para-hydroxylation sites is 1. The lowest BCUT2D eigenvalue weighted by atomic mass is 10.3. The standard InChI is InChI=1S/C8H10N3.CHF3O3S.CH4/c1-10-8-6-4-3-5-7(8)9-11(10)2;2-1(3,4)8(5,6)7;/h3-6H,1-2H3;(H,5,6,7);1H4/q+1;;/p-1. The SMILES string of the molecule is C.Cn1nc2ccccc2[n+]1C.O=S(=O)([O-])C(F)(F)F. The van der Waals surface area contributed by atoms with E-state index in [1.165, 1.54) is 0 Å². The number of rotatable bonds is 0. The number of hydrogen-bond donors (Lipinski definition) is 0. The van der Waals surface area contributed by atoms with Crippen LogP contribution in [0.3, 0.4) is 0 Å². The van der Waals surface area contributed by atoms with E-state index in [1.807, 2.05) is 41.8 Å². The molecule has 1 heterocycles. The zero-order chi connectivity index (χ0) is 14.8. The Morgan fingerprint density at radius 2 is 1.75 bits per heavy atom. The van der Waals surface area contributed by atoms with Gasteiger partial charge in [-0.3, -0.25) is 0 Å². The maximum atomic E-state index is 10.7. The highest BCUT2D eigenvalue weighted by Crippen LogP contribution is 2.20. The Balaban J connectivity index is 0.000000364. The van der Waals surface area contributed by atoms with E-state index < -0.39 is 15.6 Å². The van der Waals surface area contributed by atoms with Crippen LogP contribution >= 0.6 is 0 Å². The predicted octanol–water partition coefficient (Wildman–Crippen LogP) is 1.09. The van der Waals surface area contributed by atoms with E-state index in [-0.39, 0.29) is 7.43 Å². The summed E-state index contributed by atoms with van der Waals surface area (Å²) in [6.45, 7) is 0. The average Bonchev–Trinajstić information content (AvgIpc) is 2.54. The molecule has 1 aromatic heterocycles. The summed E-state index contributed by atoms with van der Waals surface area (Å²) in [5.74, 6) is 0. The van der Waals surface area contributed by atoms with Crippen LogP contribution in [-0.4, -0.2) is 28.4 Å². The summed E-state index contributed by atoms with van der Waals surface area (Å²) in [5, 5.41) is 4.29. The molecule has 0 saturated carbocycles. The van der Waals surface area contributed by atoms with Crippen LogP contribution in [0, 0.1) is 0 Å². The molecule has 0 fully saturated rings. The van der Waals surface area contributed by atoms with Crippen molar-refractivity contribution in [3.63, 3.8) is 0 Å². The van der Waals surface area contributed by atoms with Gasteiger partial charge in [-0.25, -0.2) is 8.42 Å². The van der Waals surface area contributed by atoms with E-state index in [2.05, 4.69) is 11.2 Å². The van der Waals surface area contributed by atoms with Gasteiger partial charge in [0.2, 0.25) is 11.0 Å². The van der Waals surface area contributed by atoms with Crippen LogP contribution in [0.1, 0.15) is 7.43 Å². The minimum Gasteiger partial charge on any atom is -0.741 e. The number of benzene rings is 1. The third kappa shape index (κ3) is 4.17. The maximum Gasteiger partial charge on any atom is 0.485 e. The molecule has 20 heavy (non-hydrogen) atoms. The third-order valence-electron chi connectivity index (χ3n) is 2.20. The van der Waals surface area contributed by atoms with Gasteiger partial charge in [0, 0.05) is 5.10 Å². The fraction of sp³-hybridized carbons (Fsp3) is 0.400. The van der Waals surface area contributed by atoms with Gasteiger partial charge < -0.3 is 4.55 Å². The smallest absolute Gasteiger partial charge is 0.485 e. The highest BCUT2D eigenvalue weighted by Gasteiger charge is 2.36. The minimum atomic E-state index is -6.09. The number of aryl methyl sites for hydroxylation is 2. The van der Waals surface area contributed by atoms with E-state index >= 15 is 0 Å². The maximum absolute atomic E-state index is 10.7. The summed E-state index contributed by atoms with van der Waals surface area (Å²) in [6, 6.07) is 8.08. The monoisotopic (exact) mass is 313 g/mol. The Bertz CT molecular complexity index is 680. The molecular formula is C10H14F3N3O3S. The molecule has 0 radical (unpaired) electrons. The number of halogens is 3. The van der Waals surface area contributed by atoms with Crippen molar-refractivity contribution in [3.8, 4) is 0 Å². The van der Waals surface area contributed by atoms with Gasteiger partial charge in [-0.05, 0) is 16.9 Å². The third-order valence-corrected chi connectivity index (χ3v) is 2.77. The lowest BCUT2D eigenvalue weighted by Gasteiger charge is -2.08. The second-order valence-corrected chi connectivity index (χ2v) is 4.87. The van der Waals surface area contributed by atoms with Crippen LogP contribution in [0.5, 0.6) is 0 Å². The van der Waals surface area contributed by atoms with Gasteiger partial charge in [-0.15, -0.1) is 0 Å². The number of nitrogens with zero attached hydrogens (tertiary/aromatic N) is 3. The molecule has 1 aromatic carbocycles. The average molecular weight is 313 g/mol. The Hall–Kier alpha value is -1.68. The topological polar surface area (TPSA) is 78.9 Å². The number of alkyl halides is 3. The van der Waals surface area contributed by atoms with Crippen molar-refractivity contribution in [1.82, 2.24) is 9.90 Å². The molecule has 0 bridgehead atoms. The quantitative estimate of drug-likeness (QED) is 0.414. The fourth-order valence-electron chi connectivity index (χ4n) is 1.20. The predicted molar refractivity (Wildman–Crippen MR) is 64.4 cm³/mol. The lowest BCUT2D eigenvalue weighted by molar-refractivity contribution is -0.733. The van der Waals surface area contributed by atoms with E-state index in [0.29, 0.717) is 0 Å². The van der Waals surface area contributed by atoms with Crippen LogP contribution in [0.15, 0.2) is 24.3 Å². The first-order valence-electron chi connectivity index (χ1n) is 4.84. The molecular weight excluding hydrogens is 299 g/mol. The zero-order valence-electron chi connectivity index (χ0n) is 9.92. The van der Waals surface area contributed by atoms with Crippen molar-refractivity contribution >= 4 is 21.2 Å². The van der Waals surface area contributed by atoms with Gasteiger partial charge in [-0.1, -0.05) is 19.6 Å². The molecule has 6 nitrogen and oxygen atoms in total. The first-order chi connectivity index (χ1) is 8.54. The molecule has 2 aromatic rings. The van der Waals surface area contributed by atoms with E-state index in [1.54, 1.807) is 0 Å². The van der Waals surface area contributed by atoms with Gasteiger partial charge in [0.25, 0.3) is 0 Å². The molecule has 0 aliphatic heterocycles. The summed E-state index contributed by atoms with van der Waals surface area (Å²) in [5.41, 5.74) is -3.44. The molecule has 0 N–H and O–H groups in total. The molecule has 10 heteroatoms. The van der Waals surface area contributed by atoms with Crippen molar-refractivity contribution in [1.29, 1.82) is 0 Å². The second kappa shape index (κ2) is 6.18. The molecule has 0 unspecified atom stereocenters. The van der Waals surface area contributed by atoms with Crippen molar-refractivity contribution in [2.75, 3.05) is 0 Å². The Labute approximate surface area is 114 Å². The Morgan fingerprint density at radius 1 is 1.30 bits per heavy atom. The van der Waals surface area contributed by atoms with Crippen molar-refractivity contribution in [2.24, 2.45) is 14.1 Å². The minimum absolute atomic E-state index is 0. The molecule has 2 rings (SSSR count). The van der Waals surface area contributed by atoms with Crippen molar-refractivity contribution in [2.45, 2.75) is 12.9 Å². The molecule has 0 atom stereocenters. The summed E-state index contributed by atoms with van der Waals surface area (Å²) < 4.78 is 60.9. The molecule has 0 aliphatic rings. The van der Waals surface area contributed by atoms with Crippen molar-refractivity contribution < 1.29 is 30.8 Å². The van der Waals surface area contributed by atoms with E-state index in [9.17, 15) is 13.2 Å². The highest BCUT2D eigenvalue weighted by molar-refractivity contribution is 7.86. The summed E-state index contributed by atoms with van der Waals surface area (Å²) >= 11 is 0. The molecule has 0 saturated heterocycles. The van der Waals surface area contributed by atoms with Crippen LogP contribution in [0.4, 0.5) is 13.2 Å².